The van der Waals surface area contributed by atoms with Crippen molar-refractivity contribution < 1.29 is 0 Å². The van der Waals surface area contributed by atoms with E-state index in [0.717, 1.165) is 5.92 Å². The fourth-order valence-electron chi connectivity index (χ4n) is 2.91. The number of unbranched alkanes of at least 4 members (excludes halogenated alkanes) is 1. The maximum absolute atomic E-state index is 3.45. The molecule has 1 aliphatic rings. The first kappa shape index (κ1) is 15.0. The van der Waals surface area contributed by atoms with Gasteiger partial charge in [0.25, 0.3) is 0 Å². The molecule has 102 valence electrons. The van der Waals surface area contributed by atoms with Crippen LogP contribution < -0.4 is 5.32 Å². The van der Waals surface area contributed by atoms with E-state index in [1.54, 1.807) is 0 Å². The molecule has 0 aromatic carbocycles. The van der Waals surface area contributed by atoms with Crippen molar-refractivity contribution in [2.45, 2.75) is 58.8 Å². The molecule has 0 atom stereocenters. The molecule has 0 amide bonds. The lowest BCUT2D eigenvalue weighted by Crippen LogP contribution is -2.28. The molecule has 1 heterocycles. The first-order chi connectivity index (χ1) is 8.36. The molecule has 1 rings (SSSR count). The van der Waals surface area contributed by atoms with Crippen LogP contribution in [-0.4, -0.2) is 37.6 Å². The van der Waals surface area contributed by atoms with Crippen LogP contribution in [0.15, 0.2) is 0 Å². The van der Waals surface area contributed by atoms with Crippen LogP contribution in [0.25, 0.3) is 0 Å². The van der Waals surface area contributed by atoms with E-state index >= 15 is 0 Å². The predicted octanol–water partition coefficient (Wildman–Crippen LogP) is 3.28. The molecule has 0 aromatic heterocycles. The van der Waals surface area contributed by atoms with Crippen LogP contribution in [0.4, 0.5) is 0 Å². The van der Waals surface area contributed by atoms with E-state index in [1.807, 2.05) is 0 Å². The van der Waals surface area contributed by atoms with Gasteiger partial charge in [-0.1, -0.05) is 26.7 Å². The highest BCUT2D eigenvalue weighted by atomic mass is 15.1. The van der Waals surface area contributed by atoms with Crippen molar-refractivity contribution in [2.24, 2.45) is 5.92 Å². The number of hydrogen-bond acceptors (Lipinski definition) is 2. The van der Waals surface area contributed by atoms with E-state index in [1.165, 1.54) is 77.7 Å². The van der Waals surface area contributed by atoms with Gasteiger partial charge in [0, 0.05) is 0 Å². The topological polar surface area (TPSA) is 15.3 Å². The monoisotopic (exact) mass is 240 g/mol. The van der Waals surface area contributed by atoms with Crippen molar-refractivity contribution in [1.29, 1.82) is 0 Å². The van der Waals surface area contributed by atoms with Crippen LogP contribution in [-0.2, 0) is 0 Å². The van der Waals surface area contributed by atoms with Gasteiger partial charge < -0.3 is 10.2 Å². The molecular weight excluding hydrogens is 208 g/mol. The Balaban J connectivity index is 2.00. The third-order valence-corrected chi connectivity index (χ3v) is 3.88. The summed E-state index contributed by atoms with van der Waals surface area (Å²) in [5.41, 5.74) is 0. The van der Waals surface area contributed by atoms with Gasteiger partial charge in [0.2, 0.25) is 0 Å². The number of piperidine rings is 1. The molecule has 0 aromatic rings. The van der Waals surface area contributed by atoms with Crippen LogP contribution in [0.5, 0.6) is 0 Å². The lowest BCUT2D eigenvalue weighted by Gasteiger charge is -2.24. The zero-order valence-corrected chi connectivity index (χ0v) is 12.0. The Labute approximate surface area is 108 Å². The van der Waals surface area contributed by atoms with Crippen molar-refractivity contribution in [3.05, 3.63) is 0 Å². The maximum Gasteiger partial charge on any atom is -0.00187 e. The Morgan fingerprint density at radius 1 is 0.941 bits per heavy atom. The Bertz CT molecular complexity index is 158. The second-order valence-electron chi connectivity index (χ2n) is 5.53. The number of hydrogen-bond donors (Lipinski definition) is 1. The van der Waals surface area contributed by atoms with Gasteiger partial charge in [-0.2, -0.15) is 0 Å². The first-order valence-electron chi connectivity index (χ1n) is 7.79. The predicted molar refractivity (Wildman–Crippen MR) is 76.5 cm³/mol. The van der Waals surface area contributed by atoms with Gasteiger partial charge in [0.1, 0.15) is 0 Å². The average Bonchev–Trinajstić information content (AvgIpc) is 2.36. The molecule has 0 spiro atoms. The molecule has 0 saturated carbocycles. The summed E-state index contributed by atoms with van der Waals surface area (Å²) in [5.74, 6) is 1.02. The number of nitrogens with one attached hydrogen (secondary N) is 1. The smallest absolute Gasteiger partial charge is 0.00187 e. The summed E-state index contributed by atoms with van der Waals surface area (Å²) in [6.45, 7) is 11.0. The van der Waals surface area contributed by atoms with Crippen LogP contribution >= 0.6 is 0 Å². The van der Waals surface area contributed by atoms with E-state index in [9.17, 15) is 0 Å². The third kappa shape index (κ3) is 7.05. The van der Waals surface area contributed by atoms with E-state index in [0.29, 0.717) is 0 Å². The fourth-order valence-corrected chi connectivity index (χ4v) is 2.91. The van der Waals surface area contributed by atoms with Crippen LogP contribution in [0, 0.1) is 5.92 Å². The van der Waals surface area contributed by atoms with Gasteiger partial charge in [0.15, 0.2) is 0 Å². The standard InChI is InChI=1S/C15H32N2/c1-3-12-17(13-4-2)14-6-5-7-15-8-10-16-11-9-15/h15-16H,3-14H2,1-2H3. The maximum atomic E-state index is 3.45. The SMILES string of the molecule is CCCN(CCC)CCCCC1CCNCC1. The summed E-state index contributed by atoms with van der Waals surface area (Å²) in [7, 11) is 0. The largest absolute Gasteiger partial charge is 0.317 e. The summed E-state index contributed by atoms with van der Waals surface area (Å²) in [6.07, 6.45) is 9.73. The van der Waals surface area contributed by atoms with E-state index in [4.69, 9.17) is 0 Å². The van der Waals surface area contributed by atoms with Crippen LogP contribution in [0.3, 0.4) is 0 Å². The molecule has 0 aliphatic carbocycles. The second kappa shape index (κ2) is 9.90. The molecule has 2 nitrogen and oxygen atoms in total. The molecule has 1 saturated heterocycles. The zero-order valence-electron chi connectivity index (χ0n) is 12.0. The lowest BCUT2D eigenvalue weighted by atomic mass is 9.92. The molecule has 2 heteroatoms. The first-order valence-corrected chi connectivity index (χ1v) is 7.79. The molecule has 0 unspecified atom stereocenters. The Hall–Kier alpha value is -0.0800. The summed E-state index contributed by atoms with van der Waals surface area (Å²) in [6, 6.07) is 0. The van der Waals surface area contributed by atoms with Gasteiger partial charge in [-0.15, -0.1) is 0 Å². The van der Waals surface area contributed by atoms with Crippen LogP contribution in [0.2, 0.25) is 0 Å². The van der Waals surface area contributed by atoms with Crippen molar-refractivity contribution in [3.63, 3.8) is 0 Å². The van der Waals surface area contributed by atoms with Gasteiger partial charge in [-0.3, -0.25) is 0 Å². The Morgan fingerprint density at radius 2 is 1.59 bits per heavy atom. The summed E-state index contributed by atoms with van der Waals surface area (Å²) >= 11 is 0. The van der Waals surface area contributed by atoms with E-state index < -0.39 is 0 Å². The average molecular weight is 240 g/mol. The van der Waals surface area contributed by atoms with Gasteiger partial charge in [-0.25, -0.2) is 0 Å². The molecule has 1 fully saturated rings. The number of nitrogens with zero attached hydrogens (tertiary/aromatic N) is 1. The normalized spacial score (nSPS) is 17.8. The highest BCUT2D eigenvalue weighted by Gasteiger charge is 2.12. The van der Waals surface area contributed by atoms with E-state index in [2.05, 4.69) is 24.1 Å². The third-order valence-electron chi connectivity index (χ3n) is 3.88. The van der Waals surface area contributed by atoms with Crippen molar-refractivity contribution in [1.82, 2.24) is 10.2 Å². The molecule has 0 bridgehead atoms. The minimum atomic E-state index is 1.02. The highest BCUT2D eigenvalue weighted by molar-refractivity contribution is 4.68. The minimum absolute atomic E-state index is 1.02. The fraction of sp³-hybridized carbons (Fsp3) is 1.00. The van der Waals surface area contributed by atoms with Crippen molar-refractivity contribution in [2.75, 3.05) is 32.7 Å². The Morgan fingerprint density at radius 3 is 2.18 bits per heavy atom. The Kier molecular flexibility index (Phi) is 8.72. The minimum Gasteiger partial charge on any atom is -0.317 e. The van der Waals surface area contributed by atoms with Crippen molar-refractivity contribution >= 4 is 0 Å². The molecule has 0 radical (unpaired) electrons. The van der Waals surface area contributed by atoms with E-state index in [-0.39, 0.29) is 0 Å². The second-order valence-corrected chi connectivity index (χ2v) is 5.53. The number of rotatable bonds is 9. The van der Waals surface area contributed by atoms with Gasteiger partial charge >= 0.3 is 0 Å². The quantitative estimate of drug-likeness (QED) is 0.622. The molecule has 1 aliphatic heterocycles. The molecule has 17 heavy (non-hydrogen) atoms. The summed E-state index contributed by atoms with van der Waals surface area (Å²) in [4.78, 5) is 2.64. The molecular formula is C15H32N2. The van der Waals surface area contributed by atoms with Crippen molar-refractivity contribution in [3.8, 4) is 0 Å². The summed E-state index contributed by atoms with van der Waals surface area (Å²) in [5, 5.41) is 3.45. The van der Waals surface area contributed by atoms with Gasteiger partial charge in [0.05, 0.1) is 0 Å². The molecule has 1 N–H and O–H groups in total. The van der Waals surface area contributed by atoms with Gasteiger partial charge in [-0.05, 0) is 70.7 Å². The lowest BCUT2D eigenvalue weighted by molar-refractivity contribution is 0.260. The van der Waals surface area contributed by atoms with Crippen LogP contribution in [0.1, 0.15) is 58.8 Å². The summed E-state index contributed by atoms with van der Waals surface area (Å²) < 4.78 is 0. The highest BCUT2D eigenvalue weighted by Crippen LogP contribution is 2.18. The zero-order chi connectivity index (χ0) is 12.3.